The van der Waals surface area contributed by atoms with Crippen LogP contribution in [-0.2, 0) is 11.3 Å². The Bertz CT molecular complexity index is 661. The third kappa shape index (κ3) is 3.39. The van der Waals surface area contributed by atoms with Gasteiger partial charge in [0.1, 0.15) is 6.61 Å². The lowest BCUT2D eigenvalue weighted by Crippen LogP contribution is -2.42. The van der Waals surface area contributed by atoms with E-state index in [9.17, 15) is 4.79 Å². The molecular weight excluding hydrogens is 324 g/mol. The van der Waals surface area contributed by atoms with E-state index < -0.39 is 6.61 Å². The number of aliphatic hydroxyl groups excluding tert-OH is 1. The van der Waals surface area contributed by atoms with Crippen molar-refractivity contribution in [1.29, 1.82) is 0 Å². The molecule has 1 aliphatic carbocycles. The summed E-state index contributed by atoms with van der Waals surface area (Å²) in [5, 5.41) is 12.0. The van der Waals surface area contributed by atoms with E-state index in [1.165, 1.54) is 12.8 Å². The van der Waals surface area contributed by atoms with E-state index in [0.29, 0.717) is 23.3 Å². The van der Waals surface area contributed by atoms with Gasteiger partial charge in [0.15, 0.2) is 11.5 Å². The maximum atomic E-state index is 11.6. The topological polar surface area (TPSA) is 80.3 Å². The lowest BCUT2D eigenvalue weighted by Gasteiger charge is -2.18. The minimum Gasteiger partial charge on any atom is -0.493 e. The number of rotatable bonds is 6. The number of nitrogens with one attached hydrogen (secondary N) is 1. The van der Waals surface area contributed by atoms with Gasteiger partial charge in [0.25, 0.3) is 0 Å². The lowest BCUT2D eigenvalue weighted by atomic mass is 9.98. The van der Waals surface area contributed by atoms with Crippen LogP contribution in [-0.4, -0.2) is 55.6 Å². The highest BCUT2D eigenvalue weighted by Gasteiger charge is 2.42. The van der Waals surface area contributed by atoms with Crippen molar-refractivity contribution in [3.63, 3.8) is 0 Å². The molecule has 2 N–H and O–H groups in total. The minimum absolute atomic E-state index is 0.114. The summed E-state index contributed by atoms with van der Waals surface area (Å²) >= 11 is 0. The van der Waals surface area contributed by atoms with Crippen LogP contribution in [0.15, 0.2) is 12.1 Å². The molecule has 1 saturated heterocycles. The number of aliphatic hydroxyl groups is 1. The first-order chi connectivity index (χ1) is 12.2. The summed E-state index contributed by atoms with van der Waals surface area (Å²) in [4.78, 5) is 14.0. The molecule has 1 aromatic carbocycles. The fraction of sp³-hybridized carbons (Fsp3) is 0.611. The molecule has 1 saturated carbocycles. The third-order valence-corrected chi connectivity index (χ3v) is 5.28. The number of hydrogen-bond donors (Lipinski definition) is 2. The van der Waals surface area contributed by atoms with Crippen molar-refractivity contribution in [2.75, 3.05) is 33.6 Å². The van der Waals surface area contributed by atoms with Crippen LogP contribution in [0.25, 0.3) is 0 Å². The SMILES string of the molecule is COc1cc(CN2C[C@H](NC(=O)CO)[C@@H](C3CC3)C2)cc2c1OCO2. The zero-order valence-corrected chi connectivity index (χ0v) is 14.4. The summed E-state index contributed by atoms with van der Waals surface area (Å²) in [6, 6.07) is 4.10. The first-order valence-electron chi connectivity index (χ1n) is 8.77. The Morgan fingerprint density at radius 3 is 2.92 bits per heavy atom. The van der Waals surface area contributed by atoms with Crippen molar-refractivity contribution in [2.24, 2.45) is 11.8 Å². The number of amides is 1. The van der Waals surface area contributed by atoms with Crippen LogP contribution in [0.5, 0.6) is 17.2 Å². The number of benzene rings is 1. The number of nitrogens with zero attached hydrogens (tertiary/aromatic N) is 1. The van der Waals surface area contributed by atoms with Gasteiger partial charge in [0.2, 0.25) is 18.4 Å². The molecule has 1 aromatic rings. The highest BCUT2D eigenvalue weighted by atomic mass is 16.7. The van der Waals surface area contributed by atoms with E-state index in [2.05, 4.69) is 10.2 Å². The zero-order valence-electron chi connectivity index (χ0n) is 14.4. The standard InChI is InChI=1S/C18H24N2O5/c1-23-15-4-11(5-16-18(15)25-10-24-16)6-20-7-13(12-2-3-12)14(8-20)19-17(22)9-21/h4-5,12-14,21H,2-3,6-10H2,1H3,(H,19,22)/t13-,14+/m1/s1. The van der Waals surface area contributed by atoms with Gasteiger partial charge in [-0.2, -0.15) is 0 Å². The molecule has 7 heteroatoms. The smallest absolute Gasteiger partial charge is 0.245 e. The Hall–Kier alpha value is -1.99. The van der Waals surface area contributed by atoms with Crippen molar-refractivity contribution in [3.05, 3.63) is 17.7 Å². The largest absolute Gasteiger partial charge is 0.493 e. The number of hydrogen-bond acceptors (Lipinski definition) is 6. The highest BCUT2D eigenvalue weighted by Crippen LogP contribution is 2.44. The molecule has 3 aliphatic rings. The van der Waals surface area contributed by atoms with Crippen molar-refractivity contribution in [3.8, 4) is 17.2 Å². The normalized spacial score (nSPS) is 25.2. The second-order valence-electron chi connectivity index (χ2n) is 7.06. The molecule has 136 valence electrons. The van der Waals surface area contributed by atoms with Crippen molar-refractivity contribution in [2.45, 2.75) is 25.4 Å². The fourth-order valence-corrected chi connectivity index (χ4v) is 3.98. The fourth-order valence-electron chi connectivity index (χ4n) is 3.98. The first kappa shape index (κ1) is 16.5. The Morgan fingerprint density at radius 2 is 2.20 bits per heavy atom. The summed E-state index contributed by atoms with van der Waals surface area (Å²) in [5.74, 6) is 2.94. The maximum absolute atomic E-state index is 11.6. The van der Waals surface area contributed by atoms with Crippen LogP contribution in [0.4, 0.5) is 0 Å². The van der Waals surface area contributed by atoms with Crippen molar-refractivity contribution >= 4 is 5.91 Å². The lowest BCUT2D eigenvalue weighted by molar-refractivity contribution is -0.124. The van der Waals surface area contributed by atoms with E-state index in [1.54, 1.807) is 7.11 Å². The number of methoxy groups -OCH3 is 1. The second kappa shape index (κ2) is 6.72. The second-order valence-corrected chi connectivity index (χ2v) is 7.06. The van der Waals surface area contributed by atoms with Gasteiger partial charge in [-0.05, 0) is 42.4 Å². The molecule has 0 spiro atoms. The van der Waals surface area contributed by atoms with E-state index in [-0.39, 0.29) is 18.7 Å². The molecule has 2 atom stereocenters. The van der Waals surface area contributed by atoms with E-state index in [4.69, 9.17) is 19.3 Å². The van der Waals surface area contributed by atoms with Crippen LogP contribution in [0.1, 0.15) is 18.4 Å². The summed E-state index contributed by atoms with van der Waals surface area (Å²) in [6.07, 6.45) is 2.48. The zero-order chi connectivity index (χ0) is 17.4. The van der Waals surface area contributed by atoms with E-state index in [1.807, 2.05) is 12.1 Å². The Balaban J connectivity index is 1.47. The van der Waals surface area contributed by atoms with Gasteiger partial charge in [-0.1, -0.05) is 0 Å². The van der Waals surface area contributed by atoms with Gasteiger partial charge in [0, 0.05) is 25.7 Å². The maximum Gasteiger partial charge on any atom is 0.245 e. The van der Waals surface area contributed by atoms with E-state index in [0.717, 1.165) is 30.9 Å². The Labute approximate surface area is 146 Å². The molecule has 2 fully saturated rings. The summed E-state index contributed by atoms with van der Waals surface area (Å²) < 4.78 is 16.4. The van der Waals surface area contributed by atoms with Crippen LogP contribution < -0.4 is 19.5 Å². The molecular formula is C18H24N2O5. The molecule has 0 unspecified atom stereocenters. The average Bonchev–Trinajstić information content (AvgIpc) is 3.22. The summed E-state index contributed by atoms with van der Waals surface area (Å²) in [6.45, 7) is 2.29. The molecule has 1 amide bonds. The van der Waals surface area contributed by atoms with Gasteiger partial charge in [-0.15, -0.1) is 0 Å². The molecule has 25 heavy (non-hydrogen) atoms. The number of carbonyl (C=O) groups is 1. The van der Waals surface area contributed by atoms with Crippen LogP contribution >= 0.6 is 0 Å². The average molecular weight is 348 g/mol. The number of fused-ring (bicyclic) bond motifs is 1. The molecule has 4 rings (SSSR count). The number of carbonyl (C=O) groups excluding carboxylic acids is 1. The predicted octanol–water partition coefficient (Wildman–Crippen LogP) is 0.743. The van der Waals surface area contributed by atoms with Crippen molar-refractivity contribution < 1.29 is 24.1 Å². The molecule has 7 nitrogen and oxygen atoms in total. The number of ether oxygens (including phenoxy) is 3. The summed E-state index contributed by atoms with van der Waals surface area (Å²) in [5.41, 5.74) is 1.10. The van der Waals surface area contributed by atoms with Crippen LogP contribution in [0.2, 0.25) is 0 Å². The van der Waals surface area contributed by atoms with Gasteiger partial charge < -0.3 is 24.6 Å². The van der Waals surface area contributed by atoms with Crippen molar-refractivity contribution in [1.82, 2.24) is 10.2 Å². The quantitative estimate of drug-likeness (QED) is 0.789. The van der Waals surface area contributed by atoms with Gasteiger partial charge in [0.05, 0.1) is 7.11 Å². The monoisotopic (exact) mass is 348 g/mol. The Morgan fingerprint density at radius 1 is 1.36 bits per heavy atom. The predicted molar refractivity (Wildman–Crippen MR) is 89.6 cm³/mol. The first-order valence-corrected chi connectivity index (χ1v) is 8.77. The van der Waals surface area contributed by atoms with Gasteiger partial charge in [-0.25, -0.2) is 0 Å². The van der Waals surface area contributed by atoms with E-state index >= 15 is 0 Å². The summed E-state index contributed by atoms with van der Waals surface area (Å²) in [7, 11) is 1.63. The molecule has 2 aliphatic heterocycles. The molecule has 0 bridgehead atoms. The van der Waals surface area contributed by atoms with Crippen LogP contribution in [0.3, 0.4) is 0 Å². The van der Waals surface area contributed by atoms with Gasteiger partial charge in [-0.3, -0.25) is 9.69 Å². The third-order valence-electron chi connectivity index (χ3n) is 5.28. The Kier molecular flexibility index (Phi) is 4.43. The molecule has 2 heterocycles. The van der Waals surface area contributed by atoms with Crippen LogP contribution in [0, 0.1) is 11.8 Å². The molecule has 0 radical (unpaired) electrons. The number of likely N-dealkylation sites (tertiary alicyclic amines) is 1. The molecule has 0 aromatic heterocycles. The minimum atomic E-state index is -0.451. The highest BCUT2D eigenvalue weighted by molar-refractivity contribution is 5.77. The van der Waals surface area contributed by atoms with Gasteiger partial charge >= 0.3 is 0 Å².